The van der Waals surface area contributed by atoms with E-state index in [0.29, 0.717) is 11.1 Å². The molecule has 3 aromatic rings. The summed E-state index contributed by atoms with van der Waals surface area (Å²) in [6.07, 6.45) is -0.617. The minimum Gasteiger partial charge on any atom is -0.355 e. The zero-order valence-electron chi connectivity index (χ0n) is 23.6. The van der Waals surface area contributed by atoms with Gasteiger partial charge < -0.3 is 9.80 Å². The Morgan fingerprint density at radius 2 is 1.43 bits per heavy atom. The first-order chi connectivity index (χ1) is 20.7. The second-order valence-corrected chi connectivity index (χ2v) is 13.1. The molecule has 0 saturated carbocycles. The van der Waals surface area contributed by atoms with E-state index < -0.39 is 86.4 Å². The zero-order chi connectivity index (χ0) is 32.3. The molecule has 1 saturated heterocycles. The minimum atomic E-state index is -4.55. The molecule has 4 rings (SSSR count). The fourth-order valence-corrected chi connectivity index (χ4v) is 5.99. The highest BCUT2D eigenvalue weighted by Crippen LogP contribution is 2.44. The number of hydrogen-bond donors (Lipinski definition) is 0. The Bertz CT molecular complexity index is 1550. The van der Waals surface area contributed by atoms with Crippen molar-refractivity contribution in [1.29, 1.82) is 0 Å². The predicted molar refractivity (Wildman–Crippen MR) is 154 cm³/mol. The van der Waals surface area contributed by atoms with Crippen molar-refractivity contribution in [2.45, 2.75) is 44.2 Å². The van der Waals surface area contributed by atoms with Gasteiger partial charge in [-0.15, -0.1) is 0 Å². The summed E-state index contributed by atoms with van der Waals surface area (Å²) in [5, 5.41) is 12.1. The summed E-state index contributed by atoms with van der Waals surface area (Å²) < 4.78 is 97.5. The lowest BCUT2D eigenvalue weighted by atomic mass is 9.92. The molecule has 236 valence electrons. The highest BCUT2D eigenvalue weighted by atomic mass is 32.2. The van der Waals surface area contributed by atoms with E-state index in [1.165, 1.54) is 11.8 Å². The molecule has 0 radical (unpaired) electrons. The summed E-state index contributed by atoms with van der Waals surface area (Å²) in [5.74, 6) is -14.5. The van der Waals surface area contributed by atoms with Crippen LogP contribution >= 0.6 is 0 Å². The van der Waals surface area contributed by atoms with Crippen molar-refractivity contribution in [2.75, 3.05) is 29.5 Å². The van der Waals surface area contributed by atoms with E-state index in [1.54, 1.807) is 60.7 Å². The molecule has 0 aliphatic carbocycles. The molecule has 1 fully saturated rings. The normalized spacial score (nSPS) is 16.5. The minimum absolute atomic E-state index is 0.0235. The Kier molecular flexibility index (Phi) is 9.62. The fraction of sp³-hybridized carbons (Fsp3) is 0.367. The monoisotopic (exact) mass is 639 g/mol. The molecule has 1 amide bonds. The van der Waals surface area contributed by atoms with Crippen LogP contribution < -0.4 is 4.90 Å². The number of benzene rings is 3. The maximum absolute atomic E-state index is 16.7. The van der Waals surface area contributed by atoms with Crippen LogP contribution in [0.4, 0.5) is 33.3 Å². The van der Waals surface area contributed by atoms with Gasteiger partial charge in [0.25, 0.3) is 5.69 Å². The van der Waals surface area contributed by atoms with Gasteiger partial charge in [0.1, 0.15) is 9.84 Å². The number of nitro benzene ring substituents is 1. The lowest BCUT2D eigenvalue weighted by Gasteiger charge is -2.28. The van der Waals surface area contributed by atoms with Crippen molar-refractivity contribution in [2.24, 2.45) is 0 Å². The summed E-state index contributed by atoms with van der Waals surface area (Å²) in [6.45, 7) is -2.01. The number of sulfone groups is 1. The standard InChI is InChI=1S/C30H30F5N3O5S/c1-2-44(42,43)16-15-24(28(39)37-19-29(32,33)30(34,35)20-37)23-13-14-25(38(40)41)27(26(23)31)36(17-21-9-5-3-6-10-21)18-22-11-7-4-8-12-22/h3-14,24H,2,15-20H2,1H3. The van der Waals surface area contributed by atoms with Crippen LogP contribution in [0.1, 0.15) is 36.0 Å². The Labute approximate surface area is 251 Å². The SMILES string of the molecule is CCS(=O)(=O)CCC(C(=O)N1CC(F)(F)C(F)(F)C1)c1ccc([N+](=O)[O-])c(N(Cc2ccccc2)Cc2ccccc2)c1F. The van der Waals surface area contributed by atoms with Crippen LogP contribution in [0.5, 0.6) is 0 Å². The largest absolute Gasteiger partial charge is 0.355 e. The van der Waals surface area contributed by atoms with Gasteiger partial charge in [0.15, 0.2) is 11.5 Å². The number of alkyl halides is 4. The van der Waals surface area contributed by atoms with Gasteiger partial charge in [0, 0.05) is 30.5 Å². The molecule has 3 aromatic carbocycles. The number of hydrogen-bond acceptors (Lipinski definition) is 6. The molecule has 14 heteroatoms. The molecule has 0 spiro atoms. The van der Waals surface area contributed by atoms with Gasteiger partial charge in [-0.1, -0.05) is 67.6 Å². The van der Waals surface area contributed by atoms with E-state index in [4.69, 9.17) is 0 Å². The number of anilines is 1. The first kappa shape index (κ1) is 32.8. The molecule has 0 bridgehead atoms. The molecule has 44 heavy (non-hydrogen) atoms. The Morgan fingerprint density at radius 3 is 1.89 bits per heavy atom. The highest BCUT2D eigenvalue weighted by Gasteiger charge is 2.64. The lowest BCUT2D eigenvalue weighted by molar-refractivity contribution is -0.384. The van der Waals surface area contributed by atoms with Gasteiger partial charge in [-0.3, -0.25) is 14.9 Å². The molecule has 1 aliphatic heterocycles. The van der Waals surface area contributed by atoms with Crippen molar-refractivity contribution in [3.63, 3.8) is 0 Å². The maximum Gasteiger partial charge on any atom is 0.329 e. The number of carbonyl (C=O) groups excluding carboxylic acids is 1. The first-order valence-electron chi connectivity index (χ1n) is 13.7. The summed E-state index contributed by atoms with van der Waals surface area (Å²) in [7, 11) is -3.78. The van der Waals surface area contributed by atoms with E-state index in [2.05, 4.69) is 0 Å². The van der Waals surface area contributed by atoms with E-state index >= 15 is 4.39 Å². The average Bonchev–Trinajstić information content (AvgIpc) is 3.20. The summed E-state index contributed by atoms with van der Waals surface area (Å²) in [6, 6.07) is 19.1. The summed E-state index contributed by atoms with van der Waals surface area (Å²) in [5.41, 5.74) is -0.388. The van der Waals surface area contributed by atoms with Gasteiger partial charge in [0.2, 0.25) is 5.91 Å². The molecule has 1 unspecified atom stereocenters. The third-order valence-corrected chi connectivity index (χ3v) is 9.26. The molecule has 8 nitrogen and oxygen atoms in total. The van der Waals surface area contributed by atoms with E-state index in [0.717, 1.165) is 12.1 Å². The Morgan fingerprint density at radius 1 is 0.932 bits per heavy atom. The molecule has 0 N–H and O–H groups in total. The fourth-order valence-electron chi connectivity index (χ4n) is 5.11. The molecular formula is C30H30F5N3O5S. The molecular weight excluding hydrogens is 609 g/mol. The van der Waals surface area contributed by atoms with Crippen LogP contribution in [0.3, 0.4) is 0 Å². The van der Waals surface area contributed by atoms with Crippen LogP contribution in [0.15, 0.2) is 72.8 Å². The number of nitrogens with zero attached hydrogens (tertiary/aromatic N) is 3. The molecule has 1 heterocycles. The molecule has 1 aliphatic rings. The van der Waals surface area contributed by atoms with Crippen molar-refractivity contribution in [3.05, 3.63) is 105 Å². The van der Waals surface area contributed by atoms with Crippen LogP contribution in [-0.4, -0.2) is 60.6 Å². The molecule has 0 aromatic heterocycles. The number of halogens is 5. The van der Waals surface area contributed by atoms with Gasteiger partial charge in [-0.2, -0.15) is 17.6 Å². The highest BCUT2D eigenvalue weighted by molar-refractivity contribution is 7.91. The van der Waals surface area contributed by atoms with E-state index in [-0.39, 0.29) is 23.7 Å². The third-order valence-electron chi connectivity index (χ3n) is 7.53. The van der Waals surface area contributed by atoms with Crippen LogP contribution in [0, 0.1) is 15.9 Å². The van der Waals surface area contributed by atoms with Crippen molar-refractivity contribution in [3.8, 4) is 0 Å². The number of amides is 1. The van der Waals surface area contributed by atoms with Crippen LogP contribution in [-0.2, 0) is 27.7 Å². The average molecular weight is 640 g/mol. The first-order valence-corrected chi connectivity index (χ1v) is 15.5. The van der Waals surface area contributed by atoms with E-state index in [9.17, 15) is 40.9 Å². The van der Waals surface area contributed by atoms with Gasteiger partial charge in [-0.25, -0.2) is 12.8 Å². The smallest absolute Gasteiger partial charge is 0.329 e. The van der Waals surface area contributed by atoms with Gasteiger partial charge in [0.05, 0.1) is 29.7 Å². The maximum atomic E-state index is 16.7. The Balaban J connectivity index is 1.86. The summed E-state index contributed by atoms with van der Waals surface area (Å²) >= 11 is 0. The number of likely N-dealkylation sites (tertiary alicyclic amines) is 1. The van der Waals surface area contributed by atoms with E-state index in [1.807, 2.05) is 0 Å². The second kappa shape index (κ2) is 12.9. The number of nitro groups is 1. The molecule has 1 atom stereocenters. The lowest BCUT2D eigenvalue weighted by Crippen LogP contribution is -2.38. The van der Waals surface area contributed by atoms with Gasteiger partial charge >= 0.3 is 11.8 Å². The number of carbonyl (C=O) groups is 1. The zero-order valence-corrected chi connectivity index (χ0v) is 24.5. The number of rotatable bonds is 12. The van der Waals surface area contributed by atoms with Crippen molar-refractivity contribution in [1.82, 2.24) is 4.90 Å². The topological polar surface area (TPSA) is 101 Å². The van der Waals surface area contributed by atoms with Crippen molar-refractivity contribution < 1.29 is 40.1 Å². The van der Waals surface area contributed by atoms with Crippen molar-refractivity contribution >= 4 is 27.1 Å². The summed E-state index contributed by atoms with van der Waals surface area (Å²) in [4.78, 5) is 26.4. The van der Waals surface area contributed by atoms with Crippen LogP contribution in [0.25, 0.3) is 0 Å². The predicted octanol–water partition coefficient (Wildman–Crippen LogP) is 5.96. The van der Waals surface area contributed by atoms with Gasteiger partial charge in [-0.05, 0) is 23.6 Å². The third kappa shape index (κ3) is 7.17. The quantitative estimate of drug-likeness (QED) is 0.138. The second-order valence-electron chi connectivity index (χ2n) is 10.6. The van der Waals surface area contributed by atoms with Crippen LogP contribution in [0.2, 0.25) is 0 Å². The Hall–Kier alpha value is -4.07.